The molecule has 1 atom stereocenters. The van der Waals surface area contributed by atoms with Crippen LogP contribution in [0.25, 0.3) is 0 Å². The molecule has 0 spiro atoms. The second-order valence-electron chi connectivity index (χ2n) is 6.31. The molecule has 0 bridgehead atoms. The Kier molecular flexibility index (Phi) is 9.49. The molecule has 0 fully saturated rings. The predicted octanol–water partition coefficient (Wildman–Crippen LogP) is 6.91. The Morgan fingerprint density at radius 3 is 2.10 bits per heavy atom. The highest BCUT2D eigenvalue weighted by atomic mass is 127. The summed E-state index contributed by atoms with van der Waals surface area (Å²) >= 11 is 6.03. The summed E-state index contributed by atoms with van der Waals surface area (Å²) in [5.41, 5.74) is 0.205. The van der Waals surface area contributed by atoms with E-state index in [1.807, 2.05) is 6.33 Å². The lowest BCUT2D eigenvalue weighted by atomic mass is 9.88. The average molecular weight is 469 g/mol. The molecule has 1 heterocycles. The van der Waals surface area contributed by atoms with Gasteiger partial charge in [0, 0.05) is 5.54 Å². The second-order valence-corrected chi connectivity index (χ2v) is 8.09. The van der Waals surface area contributed by atoms with Crippen molar-refractivity contribution >= 4 is 38.5 Å². The summed E-state index contributed by atoms with van der Waals surface area (Å²) in [5, 5.41) is 0. The van der Waals surface area contributed by atoms with Crippen LogP contribution in [0.5, 0.6) is 0 Å². The van der Waals surface area contributed by atoms with E-state index >= 15 is 0 Å². The normalized spacial score (nSPS) is 14.3. The van der Waals surface area contributed by atoms with Crippen molar-refractivity contribution < 1.29 is 0 Å². The third-order valence-electron chi connectivity index (χ3n) is 4.39. The Bertz CT molecular complexity index is 405. The summed E-state index contributed by atoms with van der Waals surface area (Å²) in [6.07, 6.45) is 15.2. The van der Waals surface area contributed by atoms with E-state index in [2.05, 4.69) is 68.8 Å². The molecule has 0 amide bonds. The van der Waals surface area contributed by atoms with Crippen LogP contribution in [0.4, 0.5) is 0 Å². The highest BCUT2D eigenvalue weighted by molar-refractivity contribution is 14.1. The summed E-state index contributed by atoms with van der Waals surface area (Å²) in [6.45, 7) is 6.96. The first kappa shape index (κ1) is 19.5. The van der Waals surface area contributed by atoms with E-state index in [-0.39, 0.29) is 5.54 Å². The Morgan fingerprint density at radius 1 is 1.05 bits per heavy atom. The zero-order valence-electron chi connectivity index (χ0n) is 13.8. The van der Waals surface area contributed by atoms with Gasteiger partial charge in [-0.1, -0.05) is 65.2 Å². The third kappa shape index (κ3) is 6.20. The number of nitrogens with zero attached hydrogens (tertiary/aromatic N) is 2. The van der Waals surface area contributed by atoms with Crippen molar-refractivity contribution in [3.63, 3.8) is 0 Å². The van der Waals surface area contributed by atoms with Crippen LogP contribution in [0.3, 0.4) is 0 Å². The first-order valence-electron chi connectivity index (χ1n) is 8.44. The van der Waals surface area contributed by atoms with Gasteiger partial charge in [-0.2, -0.15) is 0 Å². The SMILES string of the molecule is CCCCCCCC(C)(CCCCC)n1cnc(I)c1Br. The third-order valence-corrected chi connectivity index (χ3v) is 6.68. The molecule has 122 valence electrons. The fraction of sp³-hybridized carbons (Fsp3) is 0.824. The second kappa shape index (κ2) is 10.2. The Balaban J connectivity index is 2.67. The van der Waals surface area contributed by atoms with Crippen LogP contribution in [0.2, 0.25) is 0 Å². The van der Waals surface area contributed by atoms with Crippen LogP contribution in [0.1, 0.15) is 85.0 Å². The van der Waals surface area contributed by atoms with Crippen molar-refractivity contribution in [1.29, 1.82) is 0 Å². The van der Waals surface area contributed by atoms with Gasteiger partial charge in [0.1, 0.15) is 8.30 Å². The van der Waals surface area contributed by atoms with E-state index in [4.69, 9.17) is 0 Å². The van der Waals surface area contributed by atoms with Crippen molar-refractivity contribution in [2.24, 2.45) is 0 Å². The maximum atomic E-state index is 4.47. The molecule has 0 aliphatic rings. The van der Waals surface area contributed by atoms with Gasteiger partial charge in [-0.3, -0.25) is 0 Å². The summed E-state index contributed by atoms with van der Waals surface area (Å²) < 4.78 is 4.58. The van der Waals surface area contributed by atoms with E-state index in [1.54, 1.807) is 0 Å². The molecule has 1 unspecified atom stereocenters. The van der Waals surface area contributed by atoms with Gasteiger partial charge in [-0.05, 0) is 58.3 Å². The van der Waals surface area contributed by atoms with Crippen molar-refractivity contribution in [2.75, 3.05) is 0 Å². The maximum absolute atomic E-state index is 4.47. The number of imidazole rings is 1. The number of aromatic nitrogens is 2. The first-order chi connectivity index (χ1) is 10.0. The van der Waals surface area contributed by atoms with Crippen molar-refractivity contribution in [3.8, 4) is 0 Å². The zero-order valence-corrected chi connectivity index (χ0v) is 17.5. The van der Waals surface area contributed by atoms with Gasteiger partial charge >= 0.3 is 0 Å². The number of hydrogen-bond donors (Lipinski definition) is 0. The van der Waals surface area contributed by atoms with Gasteiger partial charge in [0.15, 0.2) is 0 Å². The number of hydrogen-bond acceptors (Lipinski definition) is 1. The number of halogens is 2. The molecule has 1 rings (SSSR count). The minimum absolute atomic E-state index is 0.205. The fourth-order valence-electron chi connectivity index (χ4n) is 2.92. The summed E-state index contributed by atoms with van der Waals surface area (Å²) in [6, 6.07) is 0. The van der Waals surface area contributed by atoms with E-state index in [0.717, 1.165) is 8.30 Å². The molecule has 1 aromatic heterocycles. The maximum Gasteiger partial charge on any atom is 0.133 e. The van der Waals surface area contributed by atoms with Crippen LogP contribution in [-0.2, 0) is 5.54 Å². The van der Waals surface area contributed by atoms with Gasteiger partial charge in [-0.25, -0.2) is 4.98 Å². The molecule has 2 nitrogen and oxygen atoms in total. The number of rotatable bonds is 11. The van der Waals surface area contributed by atoms with Crippen molar-refractivity contribution in [2.45, 2.75) is 90.5 Å². The molecule has 1 aromatic rings. The highest BCUT2D eigenvalue weighted by Gasteiger charge is 2.28. The topological polar surface area (TPSA) is 17.8 Å². The predicted molar refractivity (Wildman–Crippen MR) is 104 cm³/mol. The monoisotopic (exact) mass is 468 g/mol. The Morgan fingerprint density at radius 2 is 1.57 bits per heavy atom. The van der Waals surface area contributed by atoms with Crippen molar-refractivity contribution in [3.05, 3.63) is 14.6 Å². The minimum atomic E-state index is 0.205. The Hall–Kier alpha value is 0.420. The smallest absolute Gasteiger partial charge is 0.133 e. The largest absolute Gasteiger partial charge is 0.318 e. The summed E-state index contributed by atoms with van der Waals surface area (Å²) in [7, 11) is 0. The molecular weight excluding hydrogens is 439 g/mol. The van der Waals surface area contributed by atoms with Crippen LogP contribution in [0, 0.1) is 3.70 Å². The van der Waals surface area contributed by atoms with Gasteiger partial charge < -0.3 is 4.57 Å². The molecule has 0 aliphatic carbocycles. The first-order valence-corrected chi connectivity index (χ1v) is 10.3. The summed E-state index contributed by atoms with van der Waals surface area (Å²) in [4.78, 5) is 4.47. The van der Waals surface area contributed by atoms with Crippen LogP contribution in [0.15, 0.2) is 10.9 Å². The Labute approximate surface area is 152 Å². The zero-order chi connectivity index (χ0) is 15.7. The lowest BCUT2D eigenvalue weighted by molar-refractivity contribution is 0.247. The van der Waals surface area contributed by atoms with Crippen LogP contribution in [-0.4, -0.2) is 9.55 Å². The fourth-order valence-corrected chi connectivity index (χ4v) is 3.93. The standard InChI is InChI=1S/C17H30BrIN2/c1-4-6-8-9-11-13-17(3,12-10-7-5-2)21-14-20-16(19)15(21)18/h14H,4-13H2,1-3H3. The van der Waals surface area contributed by atoms with Gasteiger partial charge in [0.25, 0.3) is 0 Å². The quantitative estimate of drug-likeness (QED) is 0.255. The van der Waals surface area contributed by atoms with E-state index in [1.165, 1.54) is 64.2 Å². The molecule has 0 saturated carbocycles. The lowest BCUT2D eigenvalue weighted by Gasteiger charge is -2.32. The highest BCUT2D eigenvalue weighted by Crippen LogP contribution is 2.34. The van der Waals surface area contributed by atoms with Gasteiger partial charge in [-0.15, -0.1) is 0 Å². The molecule has 21 heavy (non-hydrogen) atoms. The summed E-state index contributed by atoms with van der Waals surface area (Å²) in [5.74, 6) is 0. The average Bonchev–Trinajstić information content (AvgIpc) is 2.80. The lowest BCUT2D eigenvalue weighted by Crippen LogP contribution is -2.30. The molecular formula is C17H30BrIN2. The van der Waals surface area contributed by atoms with E-state index < -0.39 is 0 Å². The van der Waals surface area contributed by atoms with Gasteiger partial charge in [0.2, 0.25) is 0 Å². The molecule has 0 aliphatic heterocycles. The van der Waals surface area contributed by atoms with E-state index in [9.17, 15) is 0 Å². The van der Waals surface area contributed by atoms with Crippen LogP contribution < -0.4 is 0 Å². The minimum Gasteiger partial charge on any atom is -0.318 e. The van der Waals surface area contributed by atoms with Crippen LogP contribution >= 0.6 is 38.5 Å². The molecule has 0 saturated heterocycles. The van der Waals surface area contributed by atoms with E-state index in [0.29, 0.717) is 0 Å². The molecule has 0 N–H and O–H groups in total. The molecule has 0 radical (unpaired) electrons. The van der Waals surface area contributed by atoms with Gasteiger partial charge in [0.05, 0.1) is 6.33 Å². The van der Waals surface area contributed by atoms with Crippen molar-refractivity contribution in [1.82, 2.24) is 9.55 Å². The molecule has 0 aromatic carbocycles. The number of unbranched alkanes of at least 4 members (excludes halogenated alkanes) is 6. The molecule has 4 heteroatoms.